The summed E-state index contributed by atoms with van der Waals surface area (Å²) in [5.41, 5.74) is 1.63. The Labute approximate surface area is 148 Å². The van der Waals surface area contributed by atoms with Crippen molar-refractivity contribution in [2.24, 2.45) is 7.05 Å². The Kier molecular flexibility index (Phi) is 3.76. The molecule has 0 unspecified atom stereocenters. The van der Waals surface area contributed by atoms with Crippen LogP contribution in [0, 0.1) is 5.82 Å². The Morgan fingerprint density at radius 3 is 2.65 bits per heavy atom. The lowest BCUT2D eigenvalue weighted by Gasteiger charge is -2.09. The molecule has 4 aromatic rings. The van der Waals surface area contributed by atoms with Crippen LogP contribution in [0.3, 0.4) is 0 Å². The molecule has 0 saturated carbocycles. The van der Waals surface area contributed by atoms with Gasteiger partial charge in [0.25, 0.3) is 11.5 Å². The Morgan fingerprint density at radius 1 is 1.19 bits per heavy atom. The molecule has 0 aliphatic heterocycles. The molecular weight excluding hydrogens is 335 g/mol. The maximum atomic E-state index is 13.3. The number of aromatic nitrogens is 4. The van der Waals surface area contributed by atoms with Crippen molar-refractivity contribution >= 4 is 5.65 Å². The first-order chi connectivity index (χ1) is 12.5. The fraction of sp³-hybridized carbons (Fsp3) is 0.105. The highest BCUT2D eigenvalue weighted by Crippen LogP contribution is 2.23. The third-order valence-electron chi connectivity index (χ3n) is 4.26. The van der Waals surface area contributed by atoms with Gasteiger partial charge in [0.15, 0.2) is 5.56 Å². The van der Waals surface area contributed by atoms with Crippen molar-refractivity contribution in [1.82, 2.24) is 14.2 Å². The molecule has 0 aliphatic rings. The highest BCUT2D eigenvalue weighted by molar-refractivity contribution is 5.67. The summed E-state index contributed by atoms with van der Waals surface area (Å²) in [4.78, 5) is 12.9. The molecule has 0 atom stereocenters. The van der Waals surface area contributed by atoms with Crippen LogP contribution in [0.25, 0.3) is 16.8 Å². The van der Waals surface area contributed by atoms with E-state index >= 15 is 0 Å². The van der Waals surface area contributed by atoms with E-state index in [4.69, 9.17) is 0 Å². The van der Waals surface area contributed by atoms with E-state index in [9.17, 15) is 14.3 Å². The second-order valence-corrected chi connectivity index (χ2v) is 6.05. The van der Waals surface area contributed by atoms with E-state index in [1.807, 2.05) is 13.2 Å². The predicted molar refractivity (Wildman–Crippen MR) is 93.2 cm³/mol. The van der Waals surface area contributed by atoms with E-state index < -0.39 is 5.82 Å². The molecule has 0 bridgehead atoms. The summed E-state index contributed by atoms with van der Waals surface area (Å²) in [5, 5.41) is 15.0. The Bertz CT molecular complexity index is 1160. The van der Waals surface area contributed by atoms with Gasteiger partial charge in [-0.1, -0.05) is 18.2 Å². The van der Waals surface area contributed by atoms with Crippen LogP contribution in [-0.4, -0.2) is 19.3 Å². The Morgan fingerprint density at radius 2 is 1.96 bits per heavy atom. The van der Waals surface area contributed by atoms with Gasteiger partial charge in [-0.2, -0.15) is 14.1 Å². The third-order valence-corrected chi connectivity index (χ3v) is 4.26. The van der Waals surface area contributed by atoms with E-state index in [0.29, 0.717) is 17.8 Å². The van der Waals surface area contributed by atoms with Crippen LogP contribution in [0.1, 0.15) is 5.56 Å². The van der Waals surface area contributed by atoms with Gasteiger partial charge in [-0.25, -0.2) is 9.18 Å². The van der Waals surface area contributed by atoms with E-state index in [0.717, 1.165) is 5.56 Å². The number of fused-ring (bicyclic) bond motifs is 1. The van der Waals surface area contributed by atoms with Crippen LogP contribution in [0.15, 0.2) is 65.8 Å². The van der Waals surface area contributed by atoms with E-state index in [2.05, 4.69) is 5.10 Å². The van der Waals surface area contributed by atoms with Gasteiger partial charge in [0.05, 0.1) is 12.4 Å². The zero-order chi connectivity index (χ0) is 18.3. The summed E-state index contributed by atoms with van der Waals surface area (Å²) in [5.74, 6) is -0.575. The molecule has 1 aromatic carbocycles. The zero-order valence-electron chi connectivity index (χ0n) is 14.0. The number of nitrogens with zero attached hydrogens (tertiary/aromatic N) is 4. The van der Waals surface area contributed by atoms with Gasteiger partial charge < -0.3 is 5.11 Å². The number of hydrogen-bond donors (Lipinski definition) is 1. The Balaban J connectivity index is 2.00. The molecule has 0 saturated heterocycles. The van der Waals surface area contributed by atoms with Gasteiger partial charge in [0, 0.05) is 24.9 Å². The molecule has 4 rings (SSSR count). The number of hydrogen-bond acceptors (Lipinski definition) is 3. The monoisotopic (exact) mass is 351 g/mol. The van der Waals surface area contributed by atoms with Gasteiger partial charge in [-0.05, 0) is 23.8 Å². The van der Waals surface area contributed by atoms with Crippen molar-refractivity contribution in [2.45, 2.75) is 6.54 Å². The molecule has 26 heavy (non-hydrogen) atoms. The molecule has 1 N–H and O–H groups in total. The van der Waals surface area contributed by atoms with Crippen molar-refractivity contribution in [2.75, 3.05) is 0 Å². The molecule has 130 valence electrons. The molecule has 0 radical (unpaired) electrons. The highest BCUT2D eigenvalue weighted by atomic mass is 19.1. The van der Waals surface area contributed by atoms with Gasteiger partial charge in [0.2, 0.25) is 0 Å². The molecule has 3 heterocycles. The molecule has 0 fully saturated rings. The smallest absolute Gasteiger partial charge is 0.354 e. The fourth-order valence-electron chi connectivity index (χ4n) is 3.05. The lowest BCUT2D eigenvalue weighted by Crippen LogP contribution is -2.41. The van der Waals surface area contributed by atoms with Crippen LogP contribution in [0.5, 0.6) is 5.88 Å². The van der Waals surface area contributed by atoms with Crippen LogP contribution < -0.4 is 10.1 Å². The summed E-state index contributed by atoms with van der Waals surface area (Å²) < 4.78 is 18.0. The number of aromatic hydroxyl groups is 1. The van der Waals surface area contributed by atoms with Gasteiger partial charge in [-0.3, -0.25) is 4.68 Å². The maximum absolute atomic E-state index is 13.3. The molecule has 0 aliphatic carbocycles. The minimum atomic E-state index is -0.405. The number of benzene rings is 1. The van der Waals surface area contributed by atoms with Crippen molar-refractivity contribution in [3.8, 4) is 17.0 Å². The zero-order valence-corrected chi connectivity index (χ0v) is 14.0. The summed E-state index contributed by atoms with van der Waals surface area (Å²) in [6.45, 7) is 0.335. The van der Waals surface area contributed by atoms with Crippen LogP contribution in [-0.2, 0) is 13.6 Å². The van der Waals surface area contributed by atoms with E-state index in [1.165, 1.54) is 28.7 Å². The van der Waals surface area contributed by atoms with Crippen LogP contribution >= 0.6 is 0 Å². The van der Waals surface area contributed by atoms with Gasteiger partial charge in [-0.15, -0.1) is 0 Å². The minimum Gasteiger partial charge on any atom is -0.477 e. The first kappa shape index (κ1) is 16.0. The predicted octanol–water partition coefficient (Wildman–Crippen LogP) is 1.88. The molecule has 0 amide bonds. The van der Waals surface area contributed by atoms with E-state index in [1.54, 1.807) is 39.8 Å². The SMILES string of the molecule is Cn1cc(C[n+]2c(O)c(-c3ccc(F)cc3)c(=O)n3ccccc32)cn1. The van der Waals surface area contributed by atoms with Crippen LogP contribution in [0.4, 0.5) is 4.39 Å². The van der Waals surface area contributed by atoms with Crippen molar-refractivity contribution in [3.63, 3.8) is 0 Å². The molecule has 3 aromatic heterocycles. The van der Waals surface area contributed by atoms with Crippen molar-refractivity contribution in [3.05, 3.63) is 82.8 Å². The first-order valence-electron chi connectivity index (χ1n) is 8.04. The number of pyridine rings is 1. The summed E-state index contributed by atoms with van der Waals surface area (Å²) in [6.07, 6.45) is 5.19. The average molecular weight is 351 g/mol. The molecular formula is C19H16FN4O2+. The quantitative estimate of drug-likeness (QED) is 0.573. The van der Waals surface area contributed by atoms with Crippen molar-refractivity contribution < 1.29 is 14.1 Å². The number of halogens is 1. The normalized spacial score (nSPS) is 11.2. The second kappa shape index (κ2) is 6.11. The lowest BCUT2D eigenvalue weighted by atomic mass is 10.1. The molecule has 7 heteroatoms. The number of aryl methyl sites for hydroxylation is 1. The van der Waals surface area contributed by atoms with Gasteiger partial charge in [0.1, 0.15) is 12.4 Å². The first-order valence-corrected chi connectivity index (χ1v) is 8.04. The number of rotatable bonds is 3. The summed E-state index contributed by atoms with van der Waals surface area (Å²) >= 11 is 0. The van der Waals surface area contributed by atoms with Gasteiger partial charge >= 0.3 is 5.56 Å². The highest BCUT2D eigenvalue weighted by Gasteiger charge is 2.25. The third kappa shape index (κ3) is 2.63. The Hall–Kier alpha value is -3.48. The summed E-state index contributed by atoms with van der Waals surface area (Å²) in [6, 6.07) is 10.8. The fourth-order valence-corrected chi connectivity index (χ4v) is 3.05. The molecule has 6 nitrogen and oxygen atoms in total. The lowest BCUT2D eigenvalue weighted by molar-refractivity contribution is -0.671. The largest absolute Gasteiger partial charge is 0.477 e. The maximum Gasteiger partial charge on any atom is 0.354 e. The summed E-state index contributed by atoms with van der Waals surface area (Å²) in [7, 11) is 1.81. The second-order valence-electron chi connectivity index (χ2n) is 6.05. The van der Waals surface area contributed by atoms with Crippen LogP contribution in [0.2, 0.25) is 0 Å². The standard InChI is InChI=1S/C19H15FN4O2/c1-22-11-13(10-21-22)12-24-16-4-2-3-9-23(16)18(25)17(19(24)26)14-5-7-15(20)8-6-14/h2-11H,12H2,1H3/p+1. The van der Waals surface area contributed by atoms with Crippen molar-refractivity contribution in [1.29, 1.82) is 0 Å². The average Bonchev–Trinajstić information content (AvgIpc) is 3.05. The topological polar surface area (TPSA) is 63.4 Å². The molecule has 0 spiro atoms. The van der Waals surface area contributed by atoms with E-state index in [-0.39, 0.29) is 17.0 Å². The minimum absolute atomic E-state index is 0.123.